The molecule has 0 fully saturated rings. The van der Waals surface area contributed by atoms with Crippen LogP contribution in [-0.2, 0) is 11.3 Å². The highest BCUT2D eigenvalue weighted by atomic mass is 35.5. The Morgan fingerprint density at radius 1 is 1.32 bits per heavy atom. The van der Waals surface area contributed by atoms with Gasteiger partial charge in [0.2, 0.25) is 5.91 Å². The fraction of sp³-hybridized carbons (Fsp3) is 0.400. The highest BCUT2D eigenvalue weighted by Gasteiger charge is 2.31. The summed E-state index contributed by atoms with van der Waals surface area (Å²) in [6, 6.07) is 9.26. The van der Waals surface area contributed by atoms with Crippen molar-refractivity contribution in [2.45, 2.75) is 32.5 Å². The fourth-order valence-corrected chi connectivity index (χ4v) is 2.64. The first-order valence-corrected chi connectivity index (χ1v) is 7.14. The topological polar surface area (TPSA) is 77.0 Å². The van der Waals surface area contributed by atoms with Crippen LogP contribution in [0.4, 0.5) is 0 Å². The van der Waals surface area contributed by atoms with Gasteiger partial charge in [-0.3, -0.25) is 4.79 Å². The van der Waals surface area contributed by atoms with Gasteiger partial charge in [-0.2, -0.15) is 5.10 Å². The predicted molar refractivity (Wildman–Crippen MR) is 86.5 cm³/mol. The molecule has 1 aliphatic heterocycles. The monoisotopic (exact) mass is 321 g/mol. The molecule has 0 unspecified atom stereocenters. The van der Waals surface area contributed by atoms with E-state index in [1.54, 1.807) is 11.8 Å². The predicted octanol–water partition coefficient (Wildman–Crippen LogP) is 1.62. The molecule has 2 heterocycles. The molecule has 2 aromatic rings. The number of fused-ring (bicyclic) bond motifs is 1. The third-order valence-electron chi connectivity index (χ3n) is 3.80. The second-order valence-corrected chi connectivity index (χ2v) is 5.38. The molecular formula is C15H20ClN5O. The van der Waals surface area contributed by atoms with Crippen molar-refractivity contribution in [3.63, 3.8) is 0 Å². The van der Waals surface area contributed by atoms with Crippen LogP contribution in [0.2, 0.25) is 0 Å². The van der Waals surface area contributed by atoms with Crippen LogP contribution in [0.5, 0.6) is 0 Å². The second-order valence-electron chi connectivity index (χ2n) is 5.38. The molecule has 0 saturated heterocycles. The smallest absolute Gasteiger partial charge is 0.239 e. The number of benzene rings is 1. The Labute approximate surface area is 135 Å². The normalized spacial score (nSPS) is 18.3. The molecule has 0 spiro atoms. The lowest BCUT2D eigenvalue weighted by Gasteiger charge is -2.33. The zero-order chi connectivity index (χ0) is 15.0. The van der Waals surface area contributed by atoms with E-state index >= 15 is 0 Å². The zero-order valence-corrected chi connectivity index (χ0v) is 13.5. The number of rotatable bonds is 2. The lowest BCUT2D eigenvalue weighted by atomic mass is 10.1. The largest absolute Gasteiger partial charge is 0.330 e. The van der Waals surface area contributed by atoms with Crippen LogP contribution in [-0.4, -0.2) is 38.2 Å². The molecule has 0 bridgehead atoms. The Morgan fingerprint density at radius 2 is 2.00 bits per heavy atom. The zero-order valence-electron chi connectivity index (χ0n) is 12.6. The first-order valence-electron chi connectivity index (χ1n) is 7.14. The molecule has 1 amide bonds. The van der Waals surface area contributed by atoms with E-state index < -0.39 is 6.04 Å². The maximum atomic E-state index is 12.1. The highest BCUT2D eigenvalue weighted by molar-refractivity contribution is 5.85. The minimum atomic E-state index is -0.490. The van der Waals surface area contributed by atoms with Gasteiger partial charge in [0, 0.05) is 12.1 Å². The Morgan fingerprint density at radius 3 is 2.64 bits per heavy atom. The third-order valence-corrected chi connectivity index (χ3v) is 3.80. The summed E-state index contributed by atoms with van der Waals surface area (Å²) >= 11 is 0. The number of carbonyl (C=O) groups excluding carboxylic acids is 1. The summed E-state index contributed by atoms with van der Waals surface area (Å²) in [5.41, 5.74) is 6.69. The summed E-state index contributed by atoms with van der Waals surface area (Å²) in [4.78, 5) is 18.5. The van der Waals surface area contributed by atoms with E-state index in [9.17, 15) is 4.79 Å². The molecule has 2 N–H and O–H groups in total. The molecule has 1 aromatic heterocycles. The van der Waals surface area contributed by atoms with E-state index in [-0.39, 0.29) is 24.4 Å². The molecule has 2 atom stereocenters. The van der Waals surface area contributed by atoms with Crippen LogP contribution < -0.4 is 5.73 Å². The molecule has 7 heteroatoms. The minimum Gasteiger partial charge on any atom is -0.330 e. The van der Waals surface area contributed by atoms with Crippen LogP contribution in [0.15, 0.2) is 30.3 Å². The first-order chi connectivity index (χ1) is 10.1. The number of halogens is 1. The van der Waals surface area contributed by atoms with Gasteiger partial charge in [0.1, 0.15) is 5.82 Å². The summed E-state index contributed by atoms with van der Waals surface area (Å²) in [5, 5.41) is 4.55. The van der Waals surface area contributed by atoms with Crippen molar-refractivity contribution >= 4 is 18.3 Å². The summed E-state index contributed by atoms with van der Waals surface area (Å²) in [7, 11) is 0. The molecule has 3 rings (SSSR count). The second kappa shape index (κ2) is 6.46. The van der Waals surface area contributed by atoms with Crippen molar-refractivity contribution < 1.29 is 4.79 Å². The summed E-state index contributed by atoms with van der Waals surface area (Å²) in [6.07, 6.45) is 0. The molecule has 0 saturated carbocycles. The van der Waals surface area contributed by atoms with Crippen molar-refractivity contribution in [1.82, 2.24) is 19.7 Å². The van der Waals surface area contributed by atoms with E-state index in [2.05, 4.69) is 10.1 Å². The number of carbonyl (C=O) groups is 1. The van der Waals surface area contributed by atoms with E-state index in [0.29, 0.717) is 18.9 Å². The fourth-order valence-electron chi connectivity index (χ4n) is 2.64. The van der Waals surface area contributed by atoms with Crippen LogP contribution in [0.1, 0.15) is 25.7 Å². The van der Waals surface area contributed by atoms with E-state index in [1.807, 2.05) is 41.9 Å². The molecule has 1 aliphatic rings. The average molecular weight is 322 g/mol. The minimum absolute atomic E-state index is 0. The molecular weight excluding hydrogens is 302 g/mol. The van der Waals surface area contributed by atoms with Crippen LogP contribution in [0.3, 0.4) is 0 Å². The van der Waals surface area contributed by atoms with Crippen LogP contribution in [0, 0.1) is 0 Å². The Bertz CT molecular complexity index is 655. The number of nitrogens with zero attached hydrogens (tertiary/aromatic N) is 4. The van der Waals surface area contributed by atoms with Crippen molar-refractivity contribution in [2.24, 2.45) is 5.73 Å². The van der Waals surface area contributed by atoms with Gasteiger partial charge in [-0.05, 0) is 13.8 Å². The summed E-state index contributed by atoms with van der Waals surface area (Å²) in [6.45, 7) is 4.95. The third kappa shape index (κ3) is 2.84. The quantitative estimate of drug-likeness (QED) is 0.911. The first kappa shape index (κ1) is 16.5. The Kier molecular flexibility index (Phi) is 4.83. The average Bonchev–Trinajstić information content (AvgIpc) is 2.93. The van der Waals surface area contributed by atoms with Gasteiger partial charge in [0.05, 0.1) is 18.6 Å². The lowest BCUT2D eigenvalue weighted by Crippen LogP contribution is -2.47. The maximum absolute atomic E-state index is 12.1. The van der Waals surface area contributed by atoms with Gasteiger partial charge in [-0.1, -0.05) is 30.3 Å². The lowest BCUT2D eigenvalue weighted by molar-refractivity contribution is -0.135. The number of hydrogen-bond donors (Lipinski definition) is 1. The van der Waals surface area contributed by atoms with Crippen molar-refractivity contribution in [1.29, 1.82) is 0 Å². The molecule has 6 nitrogen and oxygen atoms in total. The van der Waals surface area contributed by atoms with Crippen molar-refractivity contribution in [2.75, 3.05) is 6.54 Å². The standard InChI is InChI=1S/C15H19N5O.ClH/c1-10(16)15(21)19-8-9-20-14(11(19)2)17-13(18-20)12-6-4-3-5-7-12;/h3-7,10-11H,8-9,16H2,1-2H3;1H/t10-,11+;/m1./s1. The van der Waals surface area contributed by atoms with E-state index in [1.165, 1.54) is 0 Å². The van der Waals surface area contributed by atoms with Crippen LogP contribution in [0.25, 0.3) is 11.4 Å². The van der Waals surface area contributed by atoms with Crippen molar-refractivity contribution in [3.05, 3.63) is 36.2 Å². The van der Waals surface area contributed by atoms with E-state index in [0.717, 1.165) is 11.4 Å². The number of hydrogen-bond acceptors (Lipinski definition) is 4. The SMILES string of the molecule is C[C@@H](N)C(=O)N1CCn2nc(-c3ccccc3)nc2[C@@H]1C.Cl. The van der Waals surface area contributed by atoms with Gasteiger partial charge < -0.3 is 10.6 Å². The maximum Gasteiger partial charge on any atom is 0.239 e. The van der Waals surface area contributed by atoms with Gasteiger partial charge in [-0.25, -0.2) is 9.67 Å². The Balaban J connectivity index is 0.00000176. The summed E-state index contributed by atoms with van der Waals surface area (Å²) < 4.78 is 1.89. The molecule has 118 valence electrons. The van der Waals surface area contributed by atoms with E-state index in [4.69, 9.17) is 5.73 Å². The van der Waals surface area contributed by atoms with Crippen molar-refractivity contribution in [3.8, 4) is 11.4 Å². The number of amides is 1. The molecule has 22 heavy (non-hydrogen) atoms. The Hall–Kier alpha value is -1.92. The number of nitrogens with two attached hydrogens (primary N) is 1. The highest BCUT2D eigenvalue weighted by Crippen LogP contribution is 2.26. The van der Waals surface area contributed by atoms with Gasteiger partial charge in [0.15, 0.2) is 5.82 Å². The van der Waals surface area contributed by atoms with Gasteiger partial charge in [-0.15, -0.1) is 12.4 Å². The van der Waals surface area contributed by atoms with Crippen LogP contribution >= 0.6 is 12.4 Å². The van der Waals surface area contributed by atoms with Gasteiger partial charge >= 0.3 is 0 Å². The van der Waals surface area contributed by atoms with Gasteiger partial charge in [0.25, 0.3) is 0 Å². The molecule has 0 radical (unpaired) electrons. The number of aromatic nitrogens is 3. The molecule has 0 aliphatic carbocycles. The summed E-state index contributed by atoms with van der Waals surface area (Å²) in [5.74, 6) is 1.47. The molecule has 1 aromatic carbocycles.